The van der Waals surface area contributed by atoms with E-state index in [1.165, 1.54) is 199 Å². The van der Waals surface area contributed by atoms with Crippen molar-refractivity contribution in [2.45, 2.75) is 384 Å². The van der Waals surface area contributed by atoms with Gasteiger partial charge in [0.2, 0.25) is 5.91 Å². The van der Waals surface area contributed by atoms with Gasteiger partial charge in [-0.15, -0.1) is 0 Å². The molecule has 0 radical (unpaired) electrons. The standard InChI is InChI=1S/C76H137NO10/c1-4-7-10-13-16-19-22-24-26-28-30-32-33-34-35-36-38-39-41-43-45-48-51-54-57-60-63-69(80)75(84)77-67(68(79)62-59-56-53-50-47-21-18-15-12-9-6-3)66-85-76-74(73(83)72(82)70(65-78)86-76)87-71(81)64-61-58-55-52-49-46-44-42-40-37-31-29-27-25-23-20-17-14-11-8-5-2/h16-17,19-20,24-27,31,37,59,62,67-70,72-74,76,78-80,82-83H,4-15,18,21-23,28-30,32-36,38-58,60-61,63-66H2,1-3H3,(H,77,84)/b19-16-,20-17-,26-24-,27-25-,37-31-,62-59+. The number of ether oxygens (including phenoxy) is 3. The summed E-state index contributed by atoms with van der Waals surface area (Å²) in [5, 5.41) is 57.3. The molecule has 1 saturated heterocycles. The van der Waals surface area contributed by atoms with E-state index in [4.69, 9.17) is 14.2 Å². The van der Waals surface area contributed by atoms with Gasteiger partial charge in [-0.2, -0.15) is 0 Å². The minimum Gasteiger partial charge on any atom is -0.454 e. The molecule has 0 spiro atoms. The lowest BCUT2D eigenvalue weighted by atomic mass is 9.99. The molecule has 11 nitrogen and oxygen atoms in total. The average Bonchev–Trinajstić information content (AvgIpc) is 3.60. The van der Waals surface area contributed by atoms with Crippen LogP contribution < -0.4 is 5.32 Å². The Balaban J connectivity index is 2.53. The van der Waals surface area contributed by atoms with Gasteiger partial charge in [-0.25, -0.2) is 0 Å². The fourth-order valence-electron chi connectivity index (χ4n) is 11.3. The quantitative estimate of drug-likeness (QED) is 0.0195. The lowest BCUT2D eigenvalue weighted by Gasteiger charge is -2.41. The highest BCUT2D eigenvalue weighted by Gasteiger charge is 2.47. The van der Waals surface area contributed by atoms with E-state index in [2.05, 4.69) is 86.8 Å². The molecule has 0 aromatic heterocycles. The molecule has 0 aromatic rings. The Morgan fingerprint density at radius 1 is 0.448 bits per heavy atom. The lowest BCUT2D eigenvalue weighted by molar-refractivity contribution is -0.305. The van der Waals surface area contributed by atoms with Crippen molar-refractivity contribution in [2.24, 2.45) is 0 Å². The van der Waals surface area contributed by atoms with Gasteiger partial charge in [-0.1, -0.05) is 306 Å². The molecule has 0 aromatic carbocycles. The molecule has 11 heteroatoms. The summed E-state index contributed by atoms with van der Waals surface area (Å²) in [4.78, 5) is 26.7. The van der Waals surface area contributed by atoms with Crippen LogP contribution in [0.25, 0.3) is 0 Å². The van der Waals surface area contributed by atoms with E-state index >= 15 is 0 Å². The number of carbonyl (C=O) groups is 2. The second-order valence-corrected chi connectivity index (χ2v) is 25.3. The molecule has 0 bridgehead atoms. The van der Waals surface area contributed by atoms with E-state index in [1.54, 1.807) is 6.08 Å². The molecule has 8 unspecified atom stereocenters. The molecule has 6 N–H and O–H groups in total. The van der Waals surface area contributed by atoms with Crippen LogP contribution in [0.3, 0.4) is 0 Å². The third kappa shape index (κ3) is 50.4. The van der Waals surface area contributed by atoms with Gasteiger partial charge in [0.1, 0.15) is 24.4 Å². The maximum Gasteiger partial charge on any atom is 0.306 e. The second-order valence-electron chi connectivity index (χ2n) is 25.3. The lowest BCUT2D eigenvalue weighted by Crippen LogP contribution is -2.61. The highest BCUT2D eigenvalue weighted by atomic mass is 16.7. The number of aliphatic hydroxyl groups is 5. The van der Waals surface area contributed by atoms with Crippen molar-refractivity contribution < 1.29 is 49.3 Å². The van der Waals surface area contributed by atoms with Crippen LogP contribution in [-0.4, -0.2) is 99.6 Å². The number of hydrogen-bond acceptors (Lipinski definition) is 10. The molecule has 506 valence electrons. The minimum absolute atomic E-state index is 0.115. The first-order valence-corrected chi connectivity index (χ1v) is 36.7. The molecule has 1 amide bonds. The Kier molecular flexibility index (Phi) is 59.7. The fraction of sp³-hybridized carbons (Fsp3) is 0.816. The Morgan fingerprint density at radius 2 is 0.793 bits per heavy atom. The van der Waals surface area contributed by atoms with Gasteiger partial charge >= 0.3 is 5.97 Å². The Hall–Kier alpha value is -2.90. The smallest absolute Gasteiger partial charge is 0.306 e. The van der Waals surface area contributed by atoms with Crippen molar-refractivity contribution in [2.75, 3.05) is 13.2 Å². The van der Waals surface area contributed by atoms with Crippen LogP contribution in [0.4, 0.5) is 0 Å². The van der Waals surface area contributed by atoms with Crippen molar-refractivity contribution in [1.82, 2.24) is 5.32 Å². The van der Waals surface area contributed by atoms with Crippen LogP contribution in [0.1, 0.15) is 335 Å². The number of allylic oxidation sites excluding steroid dienone is 11. The predicted molar refractivity (Wildman–Crippen MR) is 366 cm³/mol. The number of esters is 1. The molecule has 8 atom stereocenters. The van der Waals surface area contributed by atoms with Gasteiger partial charge in [-0.3, -0.25) is 9.59 Å². The minimum atomic E-state index is -1.62. The van der Waals surface area contributed by atoms with Crippen LogP contribution in [0.2, 0.25) is 0 Å². The van der Waals surface area contributed by atoms with Crippen LogP contribution in [0.5, 0.6) is 0 Å². The number of unbranched alkanes of at least 4 members (excludes halogenated alkanes) is 39. The van der Waals surface area contributed by atoms with Gasteiger partial charge < -0.3 is 45.1 Å². The first-order chi connectivity index (χ1) is 42.7. The zero-order chi connectivity index (χ0) is 63.1. The van der Waals surface area contributed by atoms with Gasteiger partial charge in [0.15, 0.2) is 12.4 Å². The summed E-state index contributed by atoms with van der Waals surface area (Å²) in [5.74, 6) is -1.19. The topological polar surface area (TPSA) is 175 Å². The van der Waals surface area contributed by atoms with Gasteiger partial charge in [0, 0.05) is 6.42 Å². The maximum absolute atomic E-state index is 13.5. The van der Waals surface area contributed by atoms with E-state index in [-0.39, 0.29) is 13.0 Å². The third-order valence-electron chi connectivity index (χ3n) is 17.1. The molecule has 1 heterocycles. The largest absolute Gasteiger partial charge is 0.454 e. The Bertz CT molecular complexity index is 1690. The van der Waals surface area contributed by atoms with Gasteiger partial charge in [-0.05, 0) is 96.3 Å². The average molecular weight is 1220 g/mol. The third-order valence-corrected chi connectivity index (χ3v) is 17.1. The first-order valence-electron chi connectivity index (χ1n) is 36.7. The van der Waals surface area contributed by atoms with Crippen molar-refractivity contribution in [3.63, 3.8) is 0 Å². The number of nitrogens with one attached hydrogen (secondary N) is 1. The molecule has 1 aliphatic rings. The van der Waals surface area contributed by atoms with Crippen molar-refractivity contribution in [3.8, 4) is 0 Å². The van der Waals surface area contributed by atoms with Crippen molar-refractivity contribution in [3.05, 3.63) is 72.9 Å². The summed E-state index contributed by atoms with van der Waals surface area (Å²) >= 11 is 0. The number of aliphatic hydroxyl groups excluding tert-OH is 5. The Morgan fingerprint density at radius 3 is 1.21 bits per heavy atom. The maximum atomic E-state index is 13.5. The van der Waals surface area contributed by atoms with Crippen LogP contribution in [-0.2, 0) is 23.8 Å². The normalized spacial score (nSPS) is 18.6. The van der Waals surface area contributed by atoms with Gasteiger partial charge in [0.05, 0.1) is 25.4 Å². The monoisotopic (exact) mass is 1220 g/mol. The molecular formula is C76H137NO10. The number of hydrogen-bond donors (Lipinski definition) is 6. The zero-order valence-corrected chi connectivity index (χ0v) is 56.4. The highest BCUT2D eigenvalue weighted by molar-refractivity contribution is 5.80. The predicted octanol–water partition coefficient (Wildman–Crippen LogP) is 19.1. The van der Waals surface area contributed by atoms with Crippen molar-refractivity contribution in [1.29, 1.82) is 0 Å². The summed E-state index contributed by atoms with van der Waals surface area (Å²) < 4.78 is 17.7. The molecular weight excluding hydrogens is 1090 g/mol. The van der Waals surface area contributed by atoms with Gasteiger partial charge in [0.25, 0.3) is 0 Å². The van der Waals surface area contributed by atoms with E-state index < -0.39 is 67.4 Å². The van der Waals surface area contributed by atoms with E-state index in [0.29, 0.717) is 19.3 Å². The molecule has 1 fully saturated rings. The fourth-order valence-corrected chi connectivity index (χ4v) is 11.3. The second kappa shape index (κ2) is 63.3. The SMILES string of the molecule is CCCCC/C=C\C/C=C\C/C=C\CCCCCCCCCCC(=O)OC1C(OCC(NC(=O)C(O)CCCCCCCCCCCCCCCCCC/C=C\C/C=C\CCCCC)C(O)/C=C/CCCCCCCCCCC)OC(CO)C(O)C1O. The van der Waals surface area contributed by atoms with E-state index in [0.717, 1.165) is 89.9 Å². The number of rotatable bonds is 63. The van der Waals surface area contributed by atoms with Crippen molar-refractivity contribution >= 4 is 11.9 Å². The summed E-state index contributed by atoms with van der Waals surface area (Å²) in [6.07, 6.45) is 72.3. The number of amides is 1. The molecule has 1 rings (SSSR count). The summed E-state index contributed by atoms with van der Waals surface area (Å²) in [5.41, 5.74) is 0. The summed E-state index contributed by atoms with van der Waals surface area (Å²) in [6, 6.07) is -1.03. The molecule has 87 heavy (non-hydrogen) atoms. The van der Waals surface area contributed by atoms with E-state index in [1.807, 2.05) is 6.08 Å². The molecule has 0 saturated carbocycles. The van der Waals surface area contributed by atoms with E-state index in [9.17, 15) is 35.1 Å². The zero-order valence-electron chi connectivity index (χ0n) is 56.4. The van der Waals surface area contributed by atoms with Crippen LogP contribution in [0, 0.1) is 0 Å². The number of carbonyl (C=O) groups excluding carboxylic acids is 2. The molecule has 1 aliphatic heterocycles. The van der Waals surface area contributed by atoms with Crippen LogP contribution in [0.15, 0.2) is 72.9 Å². The molecule has 0 aliphatic carbocycles. The summed E-state index contributed by atoms with van der Waals surface area (Å²) in [6.45, 7) is 5.77. The first kappa shape index (κ1) is 82.1. The Labute approximate surface area is 534 Å². The summed E-state index contributed by atoms with van der Waals surface area (Å²) in [7, 11) is 0. The van der Waals surface area contributed by atoms with Crippen LogP contribution >= 0.6 is 0 Å². The highest BCUT2D eigenvalue weighted by Crippen LogP contribution is 2.26.